The summed E-state index contributed by atoms with van der Waals surface area (Å²) in [6.45, 7) is 14.4. The van der Waals surface area contributed by atoms with E-state index in [2.05, 4.69) is 31.0 Å². The molecule has 1 rings (SSSR count). The van der Waals surface area contributed by atoms with Crippen molar-refractivity contribution in [3.8, 4) is 0 Å². The van der Waals surface area contributed by atoms with Crippen LogP contribution in [-0.4, -0.2) is 60.5 Å². The van der Waals surface area contributed by atoms with E-state index in [0.717, 1.165) is 45.7 Å². The number of hydrogen-bond donors (Lipinski definition) is 1. The van der Waals surface area contributed by atoms with Crippen molar-refractivity contribution in [2.45, 2.75) is 46.1 Å². The Kier molecular flexibility index (Phi) is 6.09. The summed E-state index contributed by atoms with van der Waals surface area (Å²) in [5, 5.41) is 3.51. The molecule has 106 valence electrons. The van der Waals surface area contributed by atoms with Crippen LogP contribution in [0.25, 0.3) is 0 Å². The third-order valence-electron chi connectivity index (χ3n) is 3.34. The molecule has 0 radical (unpaired) electrons. The lowest BCUT2D eigenvalue weighted by Crippen LogP contribution is -2.38. The van der Waals surface area contributed by atoms with Crippen LogP contribution in [0, 0.1) is 0 Å². The summed E-state index contributed by atoms with van der Waals surface area (Å²) >= 11 is 0. The molecular formula is C14H29N3O. The maximum atomic E-state index is 11.3. The summed E-state index contributed by atoms with van der Waals surface area (Å²) in [7, 11) is 0. The Morgan fingerprint density at radius 2 is 1.89 bits per heavy atom. The Balaban J connectivity index is 2.18. The van der Waals surface area contributed by atoms with Gasteiger partial charge >= 0.3 is 0 Å². The molecule has 1 aliphatic heterocycles. The van der Waals surface area contributed by atoms with Crippen molar-refractivity contribution in [1.29, 1.82) is 0 Å². The SMILES string of the molecule is CC(=O)N1CCCN(CCCNC(C)(C)C)CC1. The molecule has 0 atom stereocenters. The van der Waals surface area contributed by atoms with Crippen LogP contribution in [0.4, 0.5) is 0 Å². The van der Waals surface area contributed by atoms with Crippen LogP contribution >= 0.6 is 0 Å². The number of rotatable bonds is 4. The third kappa shape index (κ3) is 6.36. The van der Waals surface area contributed by atoms with E-state index in [9.17, 15) is 4.79 Å². The molecule has 0 saturated carbocycles. The standard InChI is InChI=1S/C14H29N3O/c1-13(18)17-10-6-9-16(11-12-17)8-5-7-15-14(2,3)4/h15H,5-12H2,1-4H3. The molecular weight excluding hydrogens is 226 g/mol. The van der Waals surface area contributed by atoms with Gasteiger partial charge in [-0.25, -0.2) is 0 Å². The number of carbonyl (C=O) groups is 1. The average molecular weight is 255 g/mol. The molecule has 1 saturated heterocycles. The van der Waals surface area contributed by atoms with Crippen molar-refractivity contribution in [3.05, 3.63) is 0 Å². The van der Waals surface area contributed by atoms with Gasteiger partial charge in [0.1, 0.15) is 0 Å². The van der Waals surface area contributed by atoms with Gasteiger partial charge in [0.25, 0.3) is 0 Å². The lowest BCUT2D eigenvalue weighted by Gasteiger charge is -2.23. The minimum absolute atomic E-state index is 0.213. The van der Waals surface area contributed by atoms with E-state index in [1.807, 2.05) is 4.90 Å². The smallest absolute Gasteiger partial charge is 0.219 e. The van der Waals surface area contributed by atoms with Gasteiger partial charge in [0, 0.05) is 32.1 Å². The fourth-order valence-electron chi connectivity index (χ4n) is 2.28. The van der Waals surface area contributed by atoms with Crippen molar-refractivity contribution in [1.82, 2.24) is 15.1 Å². The zero-order valence-corrected chi connectivity index (χ0v) is 12.5. The summed E-state index contributed by atoms with van der Waals surface area (Å²) in [5.41, 5.74) is 0.213. The molecule has 0 unspecified atom stereocenters. The van der Waals surface area contributed by atoms with E-state index in [-0.39, 0.29) is 11.4 Å². The van der Waals surface area contributed by atoms with Gasteiger partial charge in [-0.15, -0.1) is 0 Å². The second-order valence-electron chi connectivity index (χ2n) is 6.23. The fourth-order valence-corrected chi connectivity index (χ4v) is 2.28. The van der Waals surface area contributed by atoms with Gasteiger partial charge in [0.15, 0.2) is 0 Å². The van der Waals surface area contributed by atoms with Crippen LogP contribution in [0.1, 0.15) is 40.5 Å². The summed E-state index contributed by atoms with van der Waals surface area (Å²) in [6, 6.07) is 0. The lowest BCUT2D eigenvalue weighted by molar-refractivity contribution is -0.128. The second-order valence-corrected chi connectivity index (χ2v) is 6.23. The lowest BCUT2D eigenvalue weighted by atomic mass is 10.1. The summed E-state index contributed by atoms with van der Waals surface area (Å²) in [5.74, 6) is 0.214. The molecule has 0 aliphatic carbocycles. The van der Waals surface area contributed by atoms with Crippen molar-refractivity contribution < 1.29 is 4.79 Å². The molecule has 0 spiro atoms. The average Bonchev–Trinajstić information content (AvgIpc) is 2.48. The number of nitrogens with one attached hydrogen (secondary N) is 1. The first-order valence-corrected chi connectivity index (χ1v) is 7.11. The van der Waals surface area contributed by atoms with Crippen LogP contribution in [0.3, 0.4) is 0 Å². The van der Waals surface area contributed by atoms with Crippen molar-refractivity contribution in [2.75, 3.05) is 39.3 Å². The highest BCUT2D eigenvalue weighted by Crippen LogP contribution is 2.04. The van der Waals surface area contributed by atoms with Gasteiger partial charge in [0.05, 0.1) is 0 Å². The van der Waals surface area contributed by atoms with E-state index in [4.69, 9.17) is 0 Å². The number of amides is 1. The number of hydrogen-bond acceptors (Lipinski definition) is 3. The Bertz CT molecular complexity index is 260. The second kappa shape index (κ2) is 7.10. The number of nitrogens with zero attached hydrogens (tertiary/aromatic N) is 2. The molecule has 1 heterocycles. The largest absolute Gasteiger partial charge is 0.342 e. The highest BCUT2D eigenvalue weighted by Gasteiger charge is 2.16. The van der Waals surface area contributed by atoms with E-state index in [1.165, 1.54) is 6.42 Å². The van der Waals surface area contributed by atoms with Gasteiger partial charge in [0.2, 0.25) is 5.91 Å². The van der Waals surface area contributed by atoms with Crippen LogP contribution in [0.15, 0.2) is 0 Å². The minimum atomic E-state index is 0.213. The predicted molar refractivity (Wildman–Crippen MR) is 75.7 cm³/mol. The van der Waals surface area contributed by atoms with Crippen molar-refractivity contribution in [3.63, 3.8) is 0 Å². The van der Waals surface area contributed by atoms with E-state index < -0.39 is 0 Å². The molecule has 1 amide bonds. The highest BCUT2D eigenvalue weighted by molar-refractivity contribution is 5.73. The first-order chi connectivity index (χ1) is 8.38. The first-order valence-electron chi connectivity index (χ1n) is 7.11. The van der Waals surface area contributed by atoms with Crippen LogP contribution in [0.2, 0.25) is 0 Å². The topological polar surface area (TPSA) is 35.6 Å². The quantitative estimate of drug-likeness (QED) is 0.770. The first kappa shape index (κ1) is 15.4. The summed E-state index contributed by atoms with van der Waals surface area (Å²) in [4.78, 5) is 15.8. The predicted octanol–water partition coefficient (Wildman–Crippen LogP) is 1.32. The van der Waals surface area contributed by atoms with E-state index >= 15 is 0 Å². The zero-order chi connectivity index (χ0) is 13.6. The Labute approximate surface area is 112 Å². The minimum Gasteiger partial charge on any atom is -0.342 e. The Morgan fingerprint density at radius 1 is 1.17 bits per heavy atom. The van der Waals surface area contributed by atoms with Crippen LogP contribution in [-0.2, 0) is 4.79 Å². The zero-order valence-electron chi connectivity index (χ0n) is 12.5. The van der Waals surface area contributed by atoms with Crippen LogP contribution in [0.5, 0.6) is 0 Å². The van der Waals surface area contributed by atoms with E-state index in [1.54, 1.807) is 6.92 Å². The molecule has 0 aromatic carbocycles. The Hall–Kier alpha value is -0.610. The third-order valence-corrected chi connectivity index (χ3v) is 3.34. The fraction of sp³-hybridized carbons (Fsp3) is 0.929. The maximum Gasteiger partial charge on any atom is 0.219 e. The molecule has 18 heavy (non-hydrogen) atoms. The summed E-state index contributed by atoms with van der Waals surface area (Å²) < 4.78 is 0. The van der Waals surface area contributed by atoms with Gasteiger partial charge < -0.3 is 15.1 Å². The van der Waals surface area contributed by atoms with Gasteiger partial charge in [-0.05, 0) is 53.2 Å². The van der Waals surface area contributed by atoms with Gasteiger partial charge in [-0.3, -0.25) is 4.79 Å². The maximum absolute atomic E-state index is 11.3. The van der Waals surface area contributed by atoms with Gasteiger partial charge in [-0.1, -0.05) is 0 Å². The molecule has 1 aliphatic rings. The van der Waals surface area contributed by atoms with Crippen LogP contribution < -0.4 is 5.32 Å². The highest BCUT2D eigenvalue weighted by atomic mass is 16.2. The van der Waals surface area contributed by atoms with Crippen molar-refractivity contribution >= 4 is 5.91 Å². The van der Waals surface area contributed by atoms with Gasteiger partial charge in [-0.2, -0.15) is 0 Å². The van der Waals surface area contributed by atoms with E-state index in [0.29, 0.717) is 0 Å². The molecule has 0 bridgehead atoms. The molecule has 1 N–H and O–H groups in total. The molecule has 4 heteroatoms. The normalized spacial score (nSPS) is 18.8. The molecule has 0 aromatic heterocycles. The number of carbonyl (C=O) groups excluding carboxylic acids is 1. The molecule has 0 aromatic rings. The van der Waals surface area contributed by atoms with Crippen molar-refractivity contribution in [2.24, 2.45) is 0 Å². The monoisotopic (exact) mass is 255 g/mol. The Morgan fingerprint density at radius 3 is 2.50 bits per heavy atom. The molecule has 1 fully saturated rings. The molecule has 4 nitrogen and oxygen atoms in total. The summed E-state index contributed by atoms with van der Waals surface area (Å²) in [6.07, 6.45) is 2.28.